The molecule has 0 atom stereocenters. The zero-order valence-electron chi connectivity index (χ0n) is 13.8. The molecule has 2 aromatic heterocycles. The molecule has 1 N–H and O–H groups in total. The SMILES string of the molecule is Cc1c(C(=O)O)sc2c1c(=O)n(CC(C)C)c(=O)n2CCC(F)(F)F. The fourth-order valence-electron chi connectivity index (χ4n) is 2.56. The second-order valence-electron chi connectivity index (χ2n) is 6.15. The van der Waals surface area contributed by atoms with Gasteiger partial charge in [-0.05, 0) is 18.4 Å². The largest absolute Gasteiger partial charge is 0.477 e. The Labute approximate surface area is 144 Å². The predicted molar refractivity (Wildman–Crippen MR) is 87.6 cm³/mol. The Kier molecular flexibility index (Phi) is 5.12. The maximum absolute atomic E-state index is 12.6. The molecule has 25 heavy (non-hydrogen) atoms. The number of aromatic carboxylic acids is 1. The number of carbonyl (C=O) groups is 1. The summed E-state index contributed by atoms with van der Waals surface area (Å²) in [7, 11) is 0. The van der Waals surface area contributed by atoms with E-state index in [0.29, 0.717) is 11.3 Å². The Morgan fingerprint density at radius 3 is 2.32 bits per heavy atom. The quantitative estimate of drug-likeness (QED) is 0.868. The topological polar surface area (TPSA) is 81.3 Å². The molecule has 2 rings (SSSR count). The summed E-state index contributed by atoms with van der Waals surface area (Å²) in [5, 5.41) is 9.22. The van der Waals surface area contributed by atoms with Crippen molar-refractivity contribution in [1.29, 1.82) is 0 Å². The summed E-state index contributed by atoms with van der Waals surface area (Å²) >= 11 is 0.648. The van der Waals surface area contributed by atoms with E-state index in [4.69, 9.17) is 0 Å². The van der Waals surface area contributed by atoms with E-state index in [1.807, 2.05) is 0 Å². The third-order valence-corrected chi connectivity index (χ3v) is 4.96. The second-order valence-corrected chi connectivity index (χ2v) is 7.15. The Hall–Kier alpha value is -2.10. The minimum atomic E-state index is -4.48. The molecule has 6 nitrogen and oxygen atoms in total. The van der Waals surface area contributed by atoms with Crippen LogP contribution in [0.1, 0.15) is 35.5 Å². The van der Waals surface area contributed by atoms with Crippen LogP contribution in [0.3, 0.4) is 0 Å². The van der Waals surface area contributed by atoms with Crippen LogP contribution >= 0.6 is 11.3 Å². The molecule has 138 valence electrons. The molecule has 0 spiro atoms. The lowest BCUT2D eigenvalue weighted by Crippen LogP contribution is -2.41. The second kappa shape index (κ2) is 6.66. The molecule has 0 aliphatic heterocycles. The average Bonchev–Trinajstić information content (AvgIpc) is 2.80. The van der Waals surface area contributed by atoms with Crippen molar-refractivity contribution in [3.63, 3.8) is 0 Å². The number of carboxylic acids is 1. The fourth-order valence-corrected chi connectivity index (χ4v) is 3.72. The number of halogens is 3. The summed E-state index contributed by atoms with van der Waals surface area (Å²) in [4.78, 5) is 36.3. The number of hydrogen-bond acceptors (Lipinski definition) is 4. The van der Waals surface area contributed by atoms with Crippen molar-refractivity contribution in [3.8, 4) is 0 Å². The number of rotatable bonds is 5. The molecule has 0 radical (unpaired) electrons. The van der Waals surface area contributed by atoms with Gasteiger partial charge in [0.05, 0.1) is 11.8 Å². The summed E-state index contributed by atoms with van der Waals surface area (Å²) in [6.45, 7) is 4.31. The van der Waals surface area contributed by atoms with Gasteiger partial charge in [-0.15, -0.1) is 11.3 Å². The van der Waals surface area contributed by atoms with Crippen LogP contribution in [0.15, 0.2) is 9.59 Å². The molecule has 0 amide bonds. The Morgan fingerprint density at radius 2 is 1.84 bits per heavy atom. The van der Waals surface area contributed by atoms with Gasteiger partial charge in [0.25, 0.3) is 5.56 Å². The van der Waals surface area contributed by atoms with Gasteiger partial charge in [0.15, 0.2) is 0 Å². The van der Waals surface area contributed by atoms with Crippen LogP contribution in [0.5, 0.6) is 0 Å². The Balaban J connectivity index is 2.83. The minimum Gasteiger partial charge on any atom is -0.477 e. The summed E-state index contributed by atoms with van der Waals surface area (Å²) in [5.41, 5.74) is -1.36. The normalized spacial score (nSPS) is 12.3. The fraction of sp³-hybridized carbons (Fsp3) is 0.533. The summed E-state index contributed by atoms with van der Waals surface area (Å²) in [6, 6.07) is 0. The predicted octanol–water partition coefficient (Wildman–Crippen LogP) is 2.84. The third kappa shape index (κ3) is 3.78. The third-order valence-electron chi connectivity index (χ3n) is 3.66. The van der Waals surface area contributed by atoms with Gasteiger partial charge >= 0.3 is 17.8 Å². The van der Waals surface area contributed by atoms with Crippen LogP contribution in [-0.2, 0) is 13.1 Å². The first-order chi connectivity index (χ1) is 11.4. The number of aryl methyl sites for hydroxylation is 2. The molecule has 0 saturated carbocycles. The van der Waals surface area contributed by atoms with Gasteiger partial charge in [-0.1, -0.05) is 13.8 Å². The number of hydrogen-bond donors (Lipinski definition) is 1. The van der Waals surface area contributed by atoms with Gasteiger partial charge in [0, 0.05) is 13.1 Å². The summed E-state index contributed by atoms with van der Waals surface area (Å²) in [5.74, 6) is -1.37. The smallest absolute Gasteiger partial charge is 0.390 e. The van der Waals surface area contributed by atoms with Gasteiger partial charge in [-0.3, -0.25) is 13.9 Å². The Bertz CT molecular complexity index is 937. The Morgan fingerprint density at radius 1 is 1.24 bits per heavy atom. The number of carboxylic acid groups (broad SMARTS) is 1. The number of fused-ring (bicyclic) bond motifs is 1. The van der Waals surface area contributed by atoms with Crippen molar-refractivity contribution >= 4 is 27.5 Å². The lowest BCUT2D eigenvalue weighted by atomic mass is 10.2. The van der Waals surface area contributed by atoms with Gasteiger partial charge < -0.3 is 5.11 Å². The molecule has 0 unspecified atom stereocenters. The number of nitrogens with zero attached hydrogens (tertiary/aromatic N) is 2. The maximum Gasteiger partial charge on any atom is 0.390 e. The van der Waals surface area contributed by atoms with Crippen LogP contribution in [0.25, 0.3) is 10.2 Å². The van der Waals surface area contributed by atoms with Crippen LogP contribution in [0, 0.1) is 12.8 Å². The molecule has 0 aromatic carbocycles. The van der Waals surface area contributed by atoms with E-state index in [2.05, 4.69) is 0 Å². The lowest BCUT2D eigenvalue weighted by molar-refractivity contribution is -0.136. The van der Waals surface area contributed by atoms with Crippen molar-refractivity contribution < 1.29 is 23.1 Å². The van der Waals surface area contributed by atoms with Crippen molar-refractivity contribution in [2.75, 3.05) is 0 Å². The highest BCUT2D eigenvalue weighted by Gasteiger charge is 2.29. The molecule has 0 fully saturated rings. The van der Waals surface area contributed by atoms with Gasteiger partial charge in [0.1, 0.15) is 9.71 Å². The first-order valence-electron chi connectivity index (χ1n) is 7.50. The van der Waals surface area contributed by atoms with E-state index in [1.54, 1.807) is 13.8 Å². The lowest BCUT2D eigenvalue weighted by Gasteiger charge is -2.14. The van der Waals surface area contributed by atoms with E-state index in [-0.39, 0.29) is 33.1 Å². The number of thiophene rings is 1. The molecular weight excluding hydrogens is 361 g/mol. The van der Waals surface area contributed by atoms with E-state index >= 15 is 0 Å². The van der Waals surface area contributed by atoms with E-state index in [1.165, 1.54) is 6.92 Å². The maximum atomic E-state index is 12.6. The zero-order valence-corrected chi connectivity index (χ0v) is 14.6. The monoisotopic (exact) mass is 378 g/mol. The highest BCUT2D eigenvalue weighted by atomic mass is 32.1. The first-order valence-corrected chi connectivity index (χ1v) is 8.32. The summed E-state index contributed by atoms with van der Waals surface area (Å²) in [6.07, 6.45) is -5.73. The van der Waals surface area contributed by atoms with Gasteiger partial charge in [-0.2, -0.15) is 13.2 Å². The van der Waals surface area contributed by atoms with E-state index < -0.39 is 36.4 Å². The minimum absolute atomic E-state index is 0.00942. The van der Waals surface area contributed by atoms with Gasteiger partial charge in [0.2, 0.25) is 0 Å². The average molecular weight is 378 g/mol. The molecule has 0 saturated heterocycles. The van der Waals surface area contributed by atoms with E-state index in [0.717, 1.165) is 9.13 Å². The highest BCUT2D eigenvalue weighted by molar-refractivity contribution is 7.20. The van der Waals surface area contributed by atoms with E-state index in [9.17, 15) is 32.7 Å². The number of alkyl halides is 3. The molecule has 10 heteroatoms. The zero-order chi connectivity index (χ0) is 19.1. The molecule has 0 aliphatic rings. The molecule has 2 aromatic rings. The highest BCUT2D eigenvalue weighted by Crippen LogP contribution is 2.29. The first kappa shape index (κ1) is 19.2. The van der Waals surface area contributed by atoms with Crippen molar-refractivity contribution in [2.45, 2.75) is 46.5 Å². The van der Waals surface area contributed by atoms with Crippen molar-refractivity contribution in [2.24, 2.45) is 5.92 Å². The number of aromatic nitrogens is 2. The molecule has 0 aliphatic carbocycles. The van der Waals surface area contributed by atoms with Crippen molar-refractivity contribution in [1.82, 2.24) is 9.13 Å². The summed E-state index contributed by atoms with van der Waals surface area (Å²) < 4.78 is 39.5. The molecular formula is C15H17F3N2O4S. The standard InChI is InChI=1S/C15H17F3N2O4S/c1-7(2)6-20-11(21)9-8(3)10(13(22)23)25-12(9)19(14(20)24)5-4-15(16,17)18/h7H,4-6H2,1-3H3,(H,22,23). The van der Waals surface area contributed by atoms with Crippen LogP contribution < -0.4 is 11.2 Å². The van der Waals surface area contributed by atoms with Crippen molar-refractivity contribution in [3.05, 3.63) is 31.3 Å². The van der Waals surface area contributed by atoms with Crippen LogP contribution in [0.4, 0.5) is 13.2 Å². The molecule has 2 heterocycles. The van der Waals surface area contributed by atoms with Crippen LogP contribution in [-0.4, -0.2) is 26.4 Å². The van der Waals surface area contributed by atoms with Gasteiger partial charge in [-0.25, -0.2) is 9.59 Å². The molecule has 0 bridgehead atoms. The van der Waals surface area contributed by atoms with Crippen LogP contribution in [0.2, 0.25) is 0 Å².